The number of allylic oxidation sites excluding steroid dienone is 1. The van der Waals surface area contributed by atoms with E-state index in [9.17, 15) is 0 Å². The summed E-state index contributed by atoms with van der Waals surface area (Å²) in [7, 11) is 0. The molecule has 0 radical (unpaired) electrons. The Morgan fingerprint density at radius 1 is 0.889 bits per heavy atom. The molecule has 0 heterocycles. The van der Waals surface area contributed by atoms with Crippen molar-refractivity contribution in [1.82, 2.24) is 0 Å². The van der Waals surface area contributed by atoms with Crippen LogP contribution in [0.15, 0.2) is 35.9 Å². The lowest BCUT2D eigenvalue weighted by atomic mass is 9.74. The fraction of sp³-hybridized carbons (Fsp3) is 0.680. The molecule has 2 fully saturated rings. The Morgan fingerprint density at radius 3 is 2.04 bits per heavy atom. The first-order chi connectivity index (χ1) is 13.3. The molecule has 2 aliphatic rings. The standard InChI is InChI=1S/C25H37ClO/c1-2-19-27-25-15-13-24(14-16-25)23-11-9-21(10-12-23)4-3-20-5-7-22(8-6-20)17-18-26/h13-18,20-23H,2-12,19H2,1H3/b18-17+/t20-,21?,22-,23?. The van der Waals surface area contributed by atoms with Gasteiger partial charge in [-0.15, -0.1) is 0 Å². The van der Waals surface area contributed by atoms with Crippen LogP contribution in [0.2, 0.25) is 0 Å². The molecular formula is C25H37ClO. The van der Waals surface area contributed by atoms with Crippen LogP contribution < -0.4 is 4.74 Å². The molecule has 3 rings (SSSR count). The summed E-state index contributed by atoms with van der Waals surface area (Å²) in [4.78, 5) is 0. The van der Waals surface area contributed by atoms with E-state index in [2.05, 4.69) is 37.3 Å². The maximum absolute atomic E-state index is 5.73. The van der Waals surface area contributed by atoms with Gasteiger partial charge in [0.15, 0.2) is 0 Å². The van der Waals surface area contributed by atoms with Crippen molar-refractivity contribution in [3.63, 3.8) is 0 Å². The Hall–Kier alpha value is -0.950. The molecule has 2 heteroatoms. The van der Waals surface area contributed by atoms with Crippen molar-refractivity contribution in [2.75, 3.05) is 6.61 Å². The summed E-state index contributed by atoms with van der Waals surface area (Å²) in [6.45, 7) is 2.96. The van der Waals surface area contributed by atoms with Gasteiger partial charge in [-0.05, 0) is 99.2 Å². The van der Waals surface area contributed by atoms with Gasteiger partial charge in [-0.1, -0.05) is 49.6 Å². The topological polar surface area (TPSA) is 9.23 Å². The van der Waals surface area contributed by atoms with Crippen LogP contribution in [0.1, 0.15) is 89.0 Å². The number of rotatable bonds is 8. The molecule has 0 aromatic heterocycles. The minimum atomic E-state index is 0.743. The zero-order valence-electron chi connectivity index (χ0n) is 17.0. The van der Waals surface area contributed by atoms with Crippen LogP contribution in [0, 0.1) is 17.8 Å². The van der Waals surface area contributed by atoms with E-state index in [1.165, 1.54) is 69.8 Å². The first-order valence-corrected chi connectivity index (χ1v) is 11.7. The molecule has 2 aliphatic carbocycles. The van der Waals surface area contributed by atoms with E-state index in [1.807, 2.05) is 0 Å². The highest BCUT2D eigenvalue weighted by Crippen LogP contribution is 2.40. The summed E-state index contributed by atoms with van der Waals surface area (Å²) in [5, 5.41) is 0. The Labute approximate surface area is 171 Å². The largest absolute Gasteiger partial charge is 0.494 e. The number of benzene rings is 1. The number of ether oxygens (including phenoxy) is 1. The van der Waals surface area contributed by atoms with Crippen LogP contribution in [-0.2, 0) is 0 Å². The van der Waals surface area contributed by atoms with Crippen LogP contribution in [0.25, 0.3) is 0 Å². The predicted octanol–water partition coefficient (Wildman–Crippen LogP) is 8.09. The van der Waals surface area contributed by atoms with Crippen LogP contribution >= 0.6 is 11.6 Å². The van der Waals surface area contributed by atoms with Crippen molar-refractivity contribution in [1.29, 1.82) is 0 Å². The van der Waals surface area contributed by atoms with Gasteiger partial charge >= 0.3 is 0 Å². The molecule has 0 unspecified atom stereocenters. The summed E-state index contributed by atoms with van der Waals surface area (Å²) >= 11 is 5.73. The quantitative estimate of drug-likeness (QED) is 0.437. The lowest BCUT2D eigenvalue weighted by Crippen LogP contribution is -2.17. The molecule has 27 heavy (non-hydrogen) atoms. The van der Waals surface area contributed by atoms with Gasteiger partial charge in [-0.25, -0.2) is 0 Å². The van der Waals surface area contributed by atoms with Gasteiger partial charge in [0, 0.05) is 5.54 Å². The summed E-state index contributed by atoms with van der Waals surface area (Å²) in [5.41, 5.74) is 3.23. The molecule has 1 aromatic carbocycles. The van der Waals surface area contributed by atoms with Gasteiger partial charge in [-0.2, -0.15) is 0 Å². The van der Waals surface area contributed by atoms with Crippen LogP contribution in [-0.4, -0.2) is 6.61 Å². The number of hydrogen-bond donors (Lipinski definition) is 0. The maximum Gasteiger partial charge on any atom is 0.119 e. The van der Waals surface area contributed by atoms with Gasteiger partial charge in [-0.3, -0.25) is 0 Å². The average Bonchev–Trinajstić information content (AvgIpc) is 2.73. The van der Waals surface area contributed by atoms with Gasteiger partial charge in [0.1, 0.15) is 5.75 Å². The second-order valence-corrected chi connectivity index (χ2v) is 9.06. The second kappa shape index (κ2) is 11.1. The van der Waals surface area contributed by atoms with Gasteiger partial charge in [0.25, 0.3) is 0 Å². The molecule has 1 aromatic rings. The van der Waals surface area contributed by atoms with Gasteiger partial charge in [0.2, 0.25) is 0 Å². The summed E-state index contributed by atoms with van der Waals surface area (Å²) < 4.78 is 5.71. The zero-order chi connectivity index (χ0) is 18.9. The second-order valence-electron chi connectivity index (χ2n) is 8.81. The fourth-order valence-corrected chi connectivity index (χ4v) is 5.29. The molecule has 1 nitrogen and oxygen atoms in total. The van der Waals surface area contributed by atoms with E-state index in [4.69, 9.17) is 16.3 Å². The predicted molar refractivity (Wildman–Crippen MR) is 117 cm³/mol. The molecule has 0 bridgehead atoms. The summed E-state index contributed by atoms with van der Waals surface area (Å²) in [6, 6.07) is 8.91. The Bertz CT molecular complexity index is 548. The Balaban J connectivity index is 1.35. The van der Waals surface area contributed by atoms with E-state index >= 15 is 0 Å². The first-order valence-electron chi connectivity index (χ1n) is 11.3. The molecule has 0 spiro atoms. The van der Waals surface area contributed by atoms with Crippen LogP contribution in [0.3, 0.4) is 0 Å². The maximum atomic E-state index is 5.73. The van der Waals surface area contributed by atoms with Crippen LogP contribution in [0.5, 0.6) is 5.75 Å². The number of hydrogen-bond acceptors (Lipinski definition) is 1. The molecule has 2 saturated carbocycles. The molecule has 0 aliphatic heterocycles. The Morgan fingerprint density at radius 2 is 1.48 bits per heavy atom. The van der Waals surface area contributed by atoms with Crippen molar-refractivity contribution in [2.24, 2.45) is 17.8 Å². The Kier molecular flexibility index (Phi) is 8.58. The molecule has 0 saturated heterocycles. The van der Waals surface area contributed by atoms with E-state index in [-0.39, 0.29) is 0 Å². The molecule has 150 valence electrons. The third-order valence-corrected chi connectivity index (χ3v) is 7.04. The van der Waals surface area contributed by atoms with Crippen LogP contribution in [0.4, 0.5) is 0 Å². The summed E-state index contributed by atoms with van der Waals surface area (Å²) in [6.07, 6.45) is 17.3. The minimum absolute atomic E-state index is 0.743. The zero-order valence-corrected chi connectivity index (χ0v) is 17.8. The number of halogens is 1. The summed E-state index contributed by atoms with van der Waals surface area (Å²) in [5.74, 6) is 4.46. The van der Waals surface area contributed by atoms with Gasteiger partial charge < -0.3 is 4.74 Å². The molecule has 0 atom stereocenters. The monoisotopic (exact) mass is 388 g/mol. The normalized spacial score (nSPS) is 29.1. The lowest BCUT2D eigenvalue weighted by molar-refractivity contribution is 0.246. The van der Waals surface area contributed by atoms with E-state index < -0.39 is 0 Å². The third kappa shape index (κ3) is 6.56. The van der Waals surface area contributed by atoms with Crippen molar-refractivity contribution in [3.8, 4) is 5.75 Å². The van der Waals surface area contributed by atoms with E-state index in [1.54, 1.807) is 5.54 Å². The third-order valence-electron chi connectivity index (χ3n) is 6.89. The average molecular weight is 389 g/mol. The SMILES string of the molecule is CCCOc1ccc(C2CCC(CC[C@H]3CC[C@H](/C=C/Cl)CC3)CC2)cc1. The lowest BCUT2D eigenvalue weighted by Gasteiger charge is -2.31. The van der Waals surface area contributed by atoms with Crippen molar-refractivity contribution < 1.29 is 4.74 Å². The smallest absolute Gasteiger partial charge is 0.119 e. The molecule has 0 N–H and O–H groups in total. The van der Waals surface area contributed by atoms with E-state index in [0.717, 1.165) is 42.4 Å². The first kappa shape index (κ1) is 20.8. The molecular weight excluding hydrogens is 352 g/mol. The molecule has 0 amide bonds. The highest BCUT2D eigenvalue weighted by Gasteiger charge is 2.24. The fourth-order valence-electron chi connectivity index (χ4n) is 5.08. The highest BCUT2D eigenvalue weighted by atomic mass is 35.5. The van der Waals surface area contributed by atoms with Crippen molar-refractivity contribution in [3.05, 3.63) is 41.4 Å². The highest BCUT2D eigenvalue weighted by molar-refractivity contribution is 6.25. The van der Waals surface area contributed by atoms with Crippen molar-refractivity contribution >= 4 is 11.6 Å². The van der Waals surface area contributed by atoms with Gasteiger partial charge in [0.05, 0.1) is 6.61 Å². The van der Waals surface area contributed by atoms with E-state index in [0.29, 0.717) is 0 Å². The van der Waals surface area contributed by atoms with Crippen molar-refractivity contribution in [2.45, 2.75) is 83.5 Å². The minimum Gasteiger partial charge on any atom is -0.494 e.